The summed E-state index contributed by atoms with van der Waals surface area (Å²) in [6.07, 6.45) is 1.56. The predicted octanol–water partition coefficient (Wildman–Crippen LogP) is 3.21. The number of methoxy groups -OCH3 is 1. The molecule has 180 valence electrons. The molecule has 0 fully saturated rings. The number of ether oxygens (including phenoxy) is 1. The lowest BCUT2D eigenvalue weighted by Crippen LogP contribution is -2.40. The van der Waals surface area contributed by atoms with Gasteiger partial charge >= 0.3 is 5.69 Å². The van der Waals surface area contributed by atoms with Crippen molar-refractivity contribution in [1.82, 2.24) is 9.13 Å². The molecule has 1 unspecified atom stereocenters. The van der Waals surface area contributed by atoms with Crippen molar-refractivity contribution in [2.45, 2.75) is 0 Å². The van der Waals surface area contributed by atoms with Gasteiger partial charge in [0.15, 0.2) is 0 Å². The minimum absolute atomic E-state index is 0.196. The van der Waals surface area contributed by atoms with E-state index in [1.807, 2.05) is 0 Å². The first-order chi connectivity index (χ1) is 16.6. The smallest absolute Gasteiger partial charge is 0.328 e. The number of carbonyl (C=O) groups excluding carboxylic acids is 2. The van der Waals surface area contributed by atoms with Crippen molar-refractivity contribution in [1.29, 1.82) is 0 Å². The molecule has 10 heteroatoms. The van der Waals surface area contributed by atoms with Gasteiger partial charge in [0.25, 0.3) is 11.8 Å². The highest BCUT2D eigenvalue weighted by Gasteiger charge is 2.35. The molecule has 9 nitrogen and oxygen atoms in total. The Balaban J connectivity index is 1.67. The minimum atomic E-state index is -2.57. The Kier molecular flexibility index (Phi) is 5.37. The Labute approximate surface area is 201 Å². The van der Waals surface area contributed by atoms with Crippen LogP contribution < -0.4 is 10.6 Å². The zero-order chi connectivity index (χ0) is 25.1. The minimum Gasteiger partial charge on any atom is -0.384 e. The molecule has 1 atom stereocenters. The van der Waals surface area contributed by atoms with E-state index >= 15 is 0 Å². The lowest BCUT2D eigenvalue weighted by Gasteiger charge is -2.27. The summed E-state index contributed by atoms with van der Waals surface area (Å²) in [6.45, 7) is 0.309. The molecule has 1 aliphatic heterocycles. The van der Waals surface area contributed by atoms with Crippen LogP contribution in [0.4, 0.5) is 11.4 Å². The molecule has 0 aliphatic carbocycles. The summed E-state index contributed by atoms with van der Waals surface area (Å²) in [7, 11) is 2.29. The summed E-state index contributed by atoms with van der Waals surface area (Å²) in [6, 6.07) is 13.5. The van der Waals surface area contributed by atoms with Gasteiger partial charge in [-0.1, -0.05) is 12.1 Å². The molecule has 1 aromatic heterocycles. The molecule has 0 bridgehead atoms. The number of anilines is 1. The molecule has 1 aliphatic rings. The van der Waals surface area contributed by atoms with Crippen molar-refractivity contribution in [3.05, 3.63) is 70.1 Å². The molecular weight excluding hydrogens is 468 g/mol. The number of hydrogen-bond donors (Lipinski definition) is 0. The first-order valence-electron chi connectivity index (χ1n) is 10.9. The Morgan fingerprint density at radius 3 is 2.31 bits per heavy atom. The van der Waals surface area contributed by atoms with Crippen LogP contribution in [0, 0.1) is 0 Å². The molecule has 0 radical (unpaired) electrons. The van der Waals surface area contributed by atoms with E-state index in [9.17, 15) is 18.6 Å². The van der Waals surface area contributed by atoms with Crippen molar-refractivity contribution in [3.63, 3.8) is 0 Å². The maximum absolute atomic E-state index is 13.6. The first-order valence-corrected chi connectivity index (χ1v) is 13.0. The highest BCUT2D eigenvalue weighted by atomic mass is 32.2. The number of aryl methyl sites for hydroxylation is 2. The molecule has 2 amide bonds. The Bertz CT molecular complexity index is 1720. The maximum atomic E-state index is 13.6. The van der Waals surface area contributed by atoms with E-state index in [1.54, 1.807) is 68.9 Å². The topological polar surface area (TPSA) is 103 Å². The summed E-state index contributed by atoms with van der Waals surface area (Å²) >= 11 is 0. The molecular formula is C25H24N4O5S. The average Bonchev–Trinajstić information content (AvgIpc) is 3.05. The summed E-state index contributed by atoms with van der Waals surface area (Å²) in [5.74, 6) is -0.674. The molecule has 0 N–H and O–H groups in total. The normalized spacial score (nSPS) is 15.1. The largest absolute Gasteiger partial charge is 0.384 e. The summed E-state index contributed by atoms with van der Waals surface area (Å²) in [5, 5.41) is 1.09. The van der Waals surface area contributed by atoms with E-state index < -0.39 is 21.5 Å². The number of imidazole rings is 1. The SMILES string of the molecule is COCCS(C)(=O)=Nc1ccc2c3c(cccc13)C(=O)N(c1ccc3c(c1)n(C)c(=O)n3C)C2=O. The van der Waals surface area contributed by atoms with Crippen LogP contribution in [0.15, 0.2) is 57.7 Å². The number of hydrogen-bond acceptors (Lipinski definition) is 6. The lowest BCUT2D eigenvalue weighted by atomic mass is 9.93. The molecule has 0 saturated heterocycles. The Hall–Kier alpha value is -3.76. The number of carbonyl (C=O) groups is 2. The van der Waals surface area contributed by atoms with Gasteiger partial charge < -0.3 is 4.74 Å². The van der Waals surface area contributed by atoms with Gasteiger partial charge in [-0.15, -0.1) is 0 Å². The summed E-state index contributed by atoms with van der Waals surface area (Å²) in [5.41, 5.74) is 2.67. The average molecular weight is 493 g/mol. The van der Waals surface area contributed by atoms with Gasteiger partial charge in [0.1, 0.15) is 0 Å². The highest BCUT2D eigenvalue weighted by Crippen LogP contribution is 2.38. The van der Waals surface area contributed by atoms with Gasteiger partial charge in [0, 0.05) is 49.4 Å². The quantitative estimate of drug-likeness (QED) is 0.398. The molecule has 0 spiro atoms. The number of nitrogens with zero attached hydrogens (tertiary/aromatic N) is 4. The molecule has 2 heterocycles. The van der Waals surface area contributed by atoms with E-state index in [2.05, 4.69) is 4.36 Å². The van der Waals surface area contributed by atoms with Gasteiger partial charge in [0.05, 0.1) is 44.5 Å². The monoisotopic (exact) mass is 492 g/mol. The second-order valence-corrected chi connectivity index (χ2v) is 11.1. The van der Waals surface area contributed by atoms with Gasteiger partial charge in [-0.2, -0.15) is 4.36 Å². The van der Waals surface area contributed by atoms with Crippen LogP contribution in [0.5, 0.6) is 0 Å². The fourth-order valence-electron chi connectivity index (χ4n) is 4.52. The van der Waals surface area contributed by atoms with Crippen LogP contribution >= 0.6 is 0 Å². The highest BCUT2D eigenvalue weighted by molar-refractivity contribution is 7.93. The molecule has 3 aromatic carbocycles. The maximum Gasteiger partial charge on any atom is 0.328 e. The van der Waals surface area contributed by atoms with Gasteiger partial charge in [-0.25, -0.2) is 13.9 Å². The number of benzene rings is 3. The summed E-state index contributed by atoms with van der Waals surface area (Å²) < 4.78 is 25.4. The van der Waals surface area contributed by atoms with E-state index in [-0.39, 0.29) is 11.4 Å². The standard InChI is InChI=1S/C25H24N4O5S/c1-27-20-11-8-15(14-21(20)28(2)25(27)32)29-23(30)17-7-5-6-16-19(26-35(4,33)13-12-34-3)10-9-18(22(16)17)24(29)31/h5-11,14H,12-13H2,1-4H3. The van der Waals surface area contributed by atoms with E-state index in [0.717, 1.165) is 4.90 Å². The molecule has 35 heavy (non-hydrogen) atoms. The van der Waals surface area contributed by atoms with Crippen LogP contribution in [0.1, 0.15) is 20.7 Å². The Morgan fingerprint density at radius 2 is 1.60 bits per heavy atom. The molecule has 5 rings (SSSR count). The molecule has 0 saturated carbocycles. The summed E-state index contributed by atoms with van der Waals surface area (Å²) in [4.78, 5) is 40.6. The van der Waals surface area contributed by atoms with Crippen LogP contribution in [-0.2, 0) is 28.6 Å². The lowest BCUT2D eigenvalue weighted by molar-refractivity contribution is 0.0893. The zero-order valence-electron chi connectivity index (χ0n) is 19.8. The van der Waals surface area contributed by atoms with Crippen molar-refractivity contribution in [2.24, 2.45) is 18.5 Å². The van der Waals surface area contributed by atoms with Crippen molar-refractivity contribution >= 4 is 54.7 Å². The zero-order valence-corrected chi connectivity index (χ0v) is 20.6. The fraction of sp³-hybridized carbons (Fsp3) is 0.240. The third-order valence-corrected chi connectivity index (χ3v) is 7.86. The van der Waals surface area contributed by atoms with E-state index in [0.29, 0.717) is 50.9 Å². The number of imide groups is 1. The van der Waals surface area contributed by atoms with Crippen molar-refractivity contribution in [2.75, 3.05) is 30.6 Å². The number of amides is 2. The number of rotatable bonds is 5. The third-order valence-electron chi connectivity index (χ3n) is 6.36. The molecule has 4 aromatic rings. The van der Waals surface area contributed by atoms with Crippen LogP contribution in [0.3, 0.4) is 0 Å². The van der Waals surface area contributed by atoms with Crippen LogP contribution in [-0.4, -0.2) is 50.9 Å². The Morgan fingerprint density at radius 1 is 0.914 bits per heavy atom. The van der Waals surface area contributed by atoms with Gasteiger partial charge in [-0.3, -0.25) is 18.7 Å². The van der Waals surface area contributed by atoms with Gasteiger partial charge in [-0.05, 0) is 36.4 Å². The second-order valence-electron chi connectivity index (χ2n) is 8.63. The first kappa shape index (κ1) is 23.0. The predicted molar refractivity (Wildman–Crippen MR) is 136 cm³/mol. The van der Waals surface area contributed by atoms with Gasteiger partial charge in [0.2, 0.25) is 0 Å². The number of aromatic nitrogens is 2. The second kappa shape index (κ2) is 8.17. The van der Waals surface area contributed by atoms with Crippen LogP contribution in [0.2, 0.25) is 0 Å². The number of fused-ring (bicyclic) bond motifs is 1. The van der Waals surface area contributed by atoms with Crippen molar-refractivity contribution in [3.8, 4) is 0 Å². The third kappa shape index (κ3) is 3.57. The van der Waals surface area contributed by atoms with Crippen LogP contribution in [0.25, 0.3) is 21.8 Å². The van der Waals surface area contributed by atoms with E-state index in [1.165, 1.54) is 16.2 Å². The van der Waals surface area contributed by atoms with E-state index in [4.69, 9.17) is 4.74 Å². The fourth-order valence-corrected chi connectivity index (χ4v) is 5.66. The van der Waals surface area contributed by atoms with Crippen molar-refractivity contribution < 1.29 is 18.5 Å².